The quantitative estimate of drug-likeness (QED) is 0.218. The predicted octanol–water partition coefficient (Wildman–Crippen LogP) is 2.79. The number of piperidine rings is 1. The first-order valence-corrected chi connectivity index (χ1v) is 9.04. The molecule has 0 atom stereocenters. The number of aliphatic imine (C=N–C) groups is 1. The van der Waals surface area contributed by atoms with E-state index in [0.29, 0.717) is 12.4 Å². The molecule has 1 saturated heterocycles. The zero-order valence-electron chi connectivity index (χ0n) is 15.6. The largest absolute Gasteiger partial charge is 0.508 e. The van der Waals surface area contributed by atoms with Crippen molar-refractivity contribution < 1.29 is 14.6 Å². The fraction of sp³-hybridized carbons (Fsp3) is 0.579. The summed E-state index contributed by atoms with van der Waals surface area (Å²) in [4.78, 5) is 18.4. The van der Waals surface area contributed by atoms with Gasteiger partial charge in [-0.1, -0.05) is 12.1 Å². The van der Waals surface area contributed by atoms with Crippen LogP contribution < -0.4 is 5.32 Å². The van der Waals surface area contributed by atoms with E-state index in [9.17, 15) is 9.90 Å². The zero-order valence-corrected chi connectivity index (χ0v) is 17.9. The summed E-state index contributed by atoms with van der Waals surface area (Å²) < 4.78 is 5.11. The number of rotatable bonds is 6. The molecule has 2 N–H and O–H groups in total. The Morgan fingerprint density at radius 1 is 1.31 bits per heavy atom. The number of benzene rings is 1. The number of guanidine groups is 1. The Morgan fingerprint density at radius 2 is 1.96 bits per heavy atom. The van der Waals surface area contributed by atoms with E-state index < -0.39 is 0 Å². The minimum atomic E-state index is -0.0704. The van der Waals surface area contributed by atoms with Crippen molar-refractivity contribution in [2.45, 2.75) is 32.6 Å². The van der Waals surface area contributed by atoms with Crippen LogP contribution in [0.4, 0.5) is 0 Å². The van der Waals surface area contributed by atoms with Crippen LogP contribution in [0, 0.1) is 5.92 Å². The van der Waals surface area contributed by atoms with E-state index in [-0.39, 0.29) is 35.9 Å². The first-order chi connectivity index (χ1) is 12.1. The van der Waals surface area contributed by atoms with Crippen molar-refractivity contribution in [3.63, 3.8) is 0 Å². The van der Waals surface area contributed by atoms with Crippen molar-refractivity contribution in [3.8, 4) is 5.75 Å². The second-order valence-corrected chi connectivity index (χ2v) is 6.26. The molecule has 1 heterocycles. The molecule has 0 unspecified atom stereocenters. The van der Waals surface area contributed by atoms with Crippen molar-refractivity contribution in [1.82, 2.24) is 10.2 Å². The lowest BCUT2D eigenvalue weighted by atomic mass is 9.97. The number of aromatic hydroxyl groups is 1. The lowest BCUT2D eigenvalue weighted by Crippen LogP contribution is -2.47. The molecule has 0 aromatic heterocycles. The maximum Gasteiger partial charge on any atom is 0.309 e. The van der Waals surface area contributed by atoms with Crippen LogP contribution in [0.1, 0.15) is 31.7 Å². The summed E-state index contributed by atoms with van der Waals surface area (Å²) in [5, 5.41) is 12.7. The predicted molar refractivity (Wildman–Crippen MR) is 114 cm³/mol. The molecule has 6 nitrogen and oxygen atoms in total. The van der Waals surface area contributed by atoms with Gasteiger partial charge in [0.2, 0.25) is 0 Å². The summed E-state index contributed by atoms with van der Waals surface area (Å²) in [5.74, 6) is 1.14. The van der Waals surface area contributed by atoms with Gasteiger partial charge in [-0.15, -0.1) is 24.0 Å². The Kier molecular flexibility index (Phi) is 10.4. The Labute approximate surface area is 173 Å². The molecule has 0 bridgehead atoms. The number of hydrogen-bond acceptors (Lipinski definition) is 4. The summed E-state index contributed by atoms with van der Waals surface area (Å²) in [5.41, 5.74) is 1.21. The second-order valence-electron chi connectivity index (χ2n) is 6.26. The van der Waals surface area contributed by atoms with E-state index in [1.165, 1.54) is 5.56 Å². The van der Waals surface area contributed by atoms with Crippen LogP contribution >= 0.6 is 24.0 Å². The van der Waals surface area contributed by atoms with E-state index in [1.807, 2.05) is 19.1 Å². The Balaban J connectivity index is 0.00000338. The van der Waals surface area contributed by atoms with Gasteiger partial charge >= 0.3 is 5.97 Å². The summed E-state index contributed by atoms with van der Waals surface area (Å²) in [6.07, 6.45) is 3.57. The average molecular weight is 475 g/mol. The number of aryl methyl sites for hydroxylation is 1. The fourth-order valence-corrected chi connectivity index (χ4v) is 3.07. The summed E-state index contributed by atoms with van der Waals surface area (Å²) >= 11 is 0. The van der Waals surface area contributed by atoms with Crippen LogP contribution in [0.3, 0.4) is 0 Å². The van der Waals surface area contributed by atoms with Gasteiger partial charge in [0.15, 0.2) is 5.96 Å². The van der Waals surface area contributed by atoms with Crippen LogP contribution in [-0.2, 0) is 16.0 Å². The number of phenols is 1. The molecular weight excluding hydrogens is 445 g/mol. The molecule has 1 aromatic rings. The monoisotopic (exact) mass is 475 g/mol. The Hall–Kier alpha value is -1.51. The number of carbonyl (C=O) groups is 1. The maximum absolute atomic E-state index is 11.8. The third-order valence-corrected chi connectivity index (χ3v) is 4.49. The number of nitrogens with one attached hydrogen (secondary N) is 1. The van der Waals surface area contributed by atoms with E-state index in [1.54, 1.807) is 19.2 Å². The number of phenolic OH excluding ortho intramolecular Hbond substituents is 1. The van der Waals surface area contributed by atoms with Gasteiger partial charge in [-0.25, -0.2) is 0 Å². The van der Waals surface area contributed by atoms with Gasteiger partial charge in [0.25, 0.3) is 0 Å². The van der Waals surface area contributed by atoms with Crippen molar-refractivity contribution in [1.29, 1.82) is 0 Å². The standard InChI is InChI=1S/C19H29N3O3.HI/c1-3-25-18(24)16-10-13-22(14-11-16)19(20-2)21-12-4-5-15-6-8-17(23)9-7-15;/h6-9,16,23H,3-5,10-14H2,1-2H3,(H,20,21);1H. The van der Waals surface area contributed by atoms with Gasteiger partial charge in [-0.3, -0.25) is 9.79 Å². The first-order valence-electron chi connectivity index (χ1n) is 9.04. The lowest BCUT2D eigenvalue weighted by Gasteiger charge is -2.33. The lowest BCUT2D eigenvalue weighted by molar-refractivity contribution is -0.149. The number of nitrogens with zero attached hydrogens (tertiary/aromatic N) is 2. The number of likely N-dealkylation sites (tertiary alicyclic amines) is 1. The molecule has 2 rings (SSSR count). The summed E-state index contributed by atoms with van der Waals surface area (Å²) in [7, 11) is 1.79. The zero-order chi connectivity index (χ0) is 18.1. The topological polar surface area (TPSA) is 74.2 Å². The highest BCUT2D eigenvalue weighted by Crippen LogP contribution is 2.18. The Bertz CT molecular complexity index is 570. The van der Waals surface area contributed by atoms with Gasteiger partial charge in [-0.2, -0.15) is 0 Å². The maximum atomic E-state index is 11.8. The average Bonchev–Trinajstić information content (AvgIpc) is 2.64. The number of halogens is 1. The first kappa shape index (κ1) is 22.5. The van der Waals surface area contributed by atoms with Gasteiger partial charge < -0.3 is 20.1 Å². The molecule has 26 heavy (non-hydrogen) atoms. The molecule has 0 spiro atoms. The van der Waals surface area contributed by atoms with Gasteiger partial charge in [0.1, 0.15) is 5.75 Å². The number of ether oxygens (including phenoxy) is 1. The van der Waals surface area contributed by atoms with Crippen molar-refractivity contribution >= 4 is 35.9 Å². The molecule has 1 aliphatic heterocycles. The van der Waals surface area contributed by atoms with Crippen LogP contribution in [0.25, 0.3) is 0 Å². The SMILES string of the molecule is CCOC(=O)C1CCN(C(=NC)NCCCc2ccc(O)cc2)CC1.I. The minimum Gasteiger partial charge on any atom is -0.508 e. The summed E-state index contributed by atoms with van der Waals surface area (Å²) in [6.45, 7) is 4.77. The van der Waals surface area contributed by atoms with Crippen molar-refractivity contribution in [2.24, 2.45) is 10.9 Å². The second kappa shape index (κ2) is 12.0. The minimum absolute atomic E-state index is 0. The van der Waals surface area contributed by atoms with E-state index in [4.69, 9.17) is 4.74 Å². The molecule has 1 aliphatic rings. The van der Waals surface area contributed by atoms with Gasteiger partial charge in [0.05, 0.1) is 12.5 Å². The number of esters is 1. The van der Waals surface area contributed by atoms with E-state index in [0.717, 1.165) is 51.3 Å². The normalized spacial score (nSPS) is 15.3. The molecule has 0 radical (unpaired) electrons. The molecule has 1 aromatic carbocycles. The molecule has 0 aliphatic carbocycles. The van der Waals surface area contributed by atoms with Gasteiger partial charge in [0, 0.05) is 26.7 Å². The van der Waals surface area contributed by atoms with Crippen molar-refractivity contribution in [3.05, 3.63) is 29.8 Å². The van der Waals surface area contributed by atoms with Crippen LogP contribution in [0.15, 0.2) is 29.3 Å². The van der Waals surface area contributed by atoms with Crippen LogP contribution in [0.5, 0.6) is 5.75 Å². The highest BCUT2D eigenvalue weighted by Gasteiger charge is 2.27. The third kappa shape index (κ3) is 7.01. The molecular formula is C19H30IN3O3. The fourth-order valence-electron chi connectivity index (χ4n) is 3.07. The summed E-state index contributed by atoms with van der Waals surface area (Å²) in [6, 6.07) is 7.33. The van der Waals surface area contributed by atoms with E-state index in [2.05, 4.69) is 15.2 Å². The molecule has 0 amide bonds. The van der Waals surface area contributed by atoms with Crippen molar-refractivity contribution in [2.75, 3.05) is 33.3 Å². The number of carbonyl (C=O) groups excluding carboxylic acids is 1. The van der Waals surface area contributed by atoms with Crippen LogP contribution in [0.2, 0.25) is 0 Å². The highest BCUT2D eigenvalue weighted by atomic mass is 127. The van der Waals surface area contributed by atoms with E-state index >= 15 is 0 Å². The third-order valence-electron chi connectivity index (χ3n) is 4.49. The number of hydrogen-bond donors (Lipinski definition) is 2. The smallest absolute Gasteiger partial charge is 0.309 e. The Morgan fingerprint density at radius 3 is 2.54 bits per heavy atom. The van der Waals surface area contributed by atoms with Gasteiger partial charge in [-0.05, 0) is 50.3 Å². The molecule has 1 fully saturated rings. The highest BCUT2D eigenvalue weighted by molar-refractivity contribution is 14.0. The molecule has 146 valence electrons. The van der Waals surface area contributed by atoms with Crippen LogP contribution in [-0.4, -0.2) is 55.2 Å². The molecule has 7 heteroatoms. The molecule has 0 saturated carbocycles.